The first-order valence-corrected chi connectivity index (χ1v) is 4.99. The standard InChI is InChI=1S/C8H16N4/c1-2-7-6-8-3-4-9-12(8)10-11(7)5-1/h7-10H,1-6H2. The van der Waals surface area contributed by atoms with Crippen LogP contribution in [0.1, 0.15) is 25.7 Å². The summed E-state index contributed by atoms with van der Waals surface area (Å²) in [5.41, 5.74) is 6.78. The third kappa shape index (κ3) is 0.992. The number of nitrogens with one attached hydrogen (secondary N) is 2. The molecule has 0 saturated carbocycles. The Labute approximate surface area is 72.8 Å². The highest BCUT2D eigenvalue weighted by molar-refractivity contribution is 4.87. The van der Waals surface area contributed by atoms with Crippen LogP contribution in [0.25, 0.3) is 0 Å². The van der Waals surface area contributed by atoms with Crippen LogP contribution in [0.3, 0.4) is 0 Å². The van der Waals surface area contributed by atoms with E-state index in [0.717, 1.165) is 18.6 Å². The van der Waals surface area contributed by atoms with Crippen molar-refractivity contribution in [2.45, 2.75) is 37.8 Å². The molecule has 3 heterocycles. The van der Waals surface area contributed by atoms with Gasteiger partial charge in [0.15, 0.2) is 0 Å². The molecule has 0 spiro atoms. The normalized spacial score (nSPS) is 43.0. The molecule has 3 rings (SSSR count). The lowest BCUT2D eigenvalue weighted by atomic mass is 10.0. The maximum absolute atomic E-state index is 3.43. The summed E-state index contributed by atoms with van der Waals surface area (Å²) in [6.07, 6.45) is 5.40. The molecule has 0 aromatic rings. The number of hydrazine groups is 3. The zero-order chi connectivity index (χ0) is 7.97. The Kier molecular flexibility index (Phi) is 1.61. The van der Waals surface area contributed by atoms with E-state index in [0.29, 0.717) is 0 Å². The first-order valence-electron chi connectivity index (χ1n) is 4.99. The molecular weight excluding hydrogens is 152 g/mol. The Balaban J connectivity index is 1.75. The highest BCUT2D eigenvalue weighted by Gasteiger charge is 2.38. The predicted octanol–water partition coefficient (Wildman–Crippen LogP) is -0.147. The van der Waals surface area contributed by atoms with E-state index in [4.69, 9.17) is 0 Å². The molecule has 3 fully saturated rings. The van der Waals surface area contributed by atoms with Gasteiger partial charge in [-0.2, -0.15) is 10.7 Å². The summed E-state index contributed by atoms with van der Waals surface area (Å²) in [5, 5.41) is 4.58. The van der Waals surface area contributed by atoms with Gasteiger partial charge in [-0.15, -0.1) is 0 Å². The molecule has 68 valence electrons. The van der Waals surface area contributed by atoms with Gasteiger partial charge in [-0.1, -0.05) is 0 Å². The van der Waals surface area contributed by atoms with Gasteiger partial charge in [0.25, 0.3) is 0 Å². The Hall–Kier alpha value is -0.160. The summed E-state index contributed by atoms with van der Waals surface area (Å²) < 4.78 is 0. The topological polar surface area (TPSA) is 30.5 Å². The van der Waals surface area contributed by atoms with Gasteiger partial charge in [0.1, 0.15) is 0 Å². The van der Waals surface area contributed by atoms with Crippen molar-refractivity contribution in [2.24, 2.45) is 0 Å². The molecule has 2 unspecified atom stereocenters. The summed E-state index contributed by atoms with van der Waals surface area (Å²) in [5.74, 6) is 0. The fourth-order valence-electron chi connectivity index (χ4n) is 2.61. The monoisotopic (exact) mass is 168 g/mol. The number of rotatable bonds is 0. The van der Waals surface area contributed by atoms with E-state index in [1.165, 1.54) is 32.2 Å². The largest absolute Gasteiger partial charge is 0.240 e. The molecule has 0 aliphatic carbocycles. The summed E-state index contributed by atoms with van der Waals surface area (Å²) in [7, 11) is 0. The van der Waals surface area contributed by atoms with Crippen LogP contribution in [0.5, 0.6) is 0 Å². The van der Waals surface area contributed by atoms with E-state index in [1.807, 2.05) is 0 Å². The van der Waals surface area contributed by atoms with Gasteiger partial charge >= 0.3 is 0 Å². The van der Waals surface area contributed by atoms with Crippen LogP contribution in [0.15, 0.2) is 0 Å². The number of hydrogen-bond acceptors (Lipinski definition) is 4. The van der Waals surface area contributed by atoms with Crippen LogP contribution in [0.4, 0.5) is 0 Å². The van der Waals surface area contributed by atoms with Crippen molar-refractivity contribution >= 4 is 0 Å². The smallest absolute Gasteiger partial charge is 0.0441 e. The fourth-order valence-corrected chi connectivity index (χ4v) is 2.61. The third-order valence-electron chi connectivity index (χ3n) is 3.28. The van der Waals surface area contributed by atoms with E-state index in [1.54, 1.807) is 0 Å². The number of hydrogen-bond donors (Lipinski definition) is 2. The van der Waals surface area contributed by atoms with Gasteiger partial charge in [0.05, 0.1) is 0 Å². The lowest BCUT2D eigenvalue weighted by molar-refractivity contribution is -0.0747. The van der Waals surface area contributed by atoms with Crippen molar-refractivity contribution in [3.8, 4) is 0 Å². The van der Waals surface area contributed by atoms with Crippen molar-refractivity contribution in [3.63, 3.8) is 0 Å². The minimum absolute atomic E-state index is 0.740. The van der Waals surface area contributed by atoms with Crippen molar-refractivity contribution in [2.75, 3.05) is 13.1 Å². The van der Waals surface area contributed by atoms with E-state index >= 15 is 0 Å². The van der Waals surface area contributed by atoms with Gasteiger partial charge < -0.3 is 0 Å². The lowest BCUT2D eigenvalue weighted by Gasteiger charge is -2.39. The first-order chi connectivity index (χ1) is 5.93. The molecule has 3 aliphatic heterocycles. The highest BCUT2D eigenvalue weighted by atomic mass is 15.9. The summed E-state index contributed by atoms with van der Waals surface area (Å²) in [6, 6.07) is 1.55. The minimum atomic E-state index is 0.740. The van der Waals surface area contributed by atoms with Crippen LogP contribution >= 0.6 is 0 Å². The second-order valence-corrected chi connectivity index (χ2v) is 4.05. The van der Waals surface area contributed by atoms with Gasteiger partial charge in [-0.3, -0.25) is 0 Å². The second kappa shape index (κ2) is 2.67. The maximum atomic E-state index is 3.43. The molecule has 12 heavy (non-hydrogen) atoms. The van der Waals surface area contributed by atoms with Crippen LogP contribution in [-0.2, 0) is 0 Å². The Morgan fingerprint density at radius 3 is 3.17 bits per heavy atom. The van der Waals surface area contributed by atoms with E-state index < -0.39 is 0 Å². The molecule has 0 aromatic carbocycles. The van der Waals surface area contributed by atoms with Crippen molar-refractivity contribution < 1.29 is 0 Å². The van der Waals surface area contributed by atoms with Crippen LogP contribution in [0, 0.1) is 0 Å². The average Bonchev–Trinajstić information content (AvgIpc) is 2.64. The average molecular weight is 168 g/mol. The second-order valence-electron chi connectivity index (χ2n) is 4.05. The van der Waals surface area contributed by atoms with Crippen LogP contribution < -0.4 is 11.0 Å². The molecule has 0 radical (unpaired) electrons. The van der Waals surface area contributed by atoms with Crippen molar-refractivity contribution in [1.29, 1.82) is 0 Å². The molecule has 0 aromatic heterocycles. The molecule has 2 N–H and O–H groups in total. The third-order valence-corrected chi connectivity index (χ3v) is 3.28. The quantitative estimate of drug-likeness (QED) is 0.527. The number of fused-ring (bicyclic) bond motifs is 2. The minimum Gasteiger partial charge on any atom is -0.240 e. The molecule has 3 saturated heterocycles. The molecule has 3 aliphatic rings. The zero-order valence-electron chi connectivity index (χ0n) is 7.29. The summed E-state index contributed by atoms with van der Waals surface area (Å²) >= 11 is 0. The first kappa shape index (κ1) is 7.26. The predicted molar refractivity (Wildman–Crippen MR) is 45.7 cm³/mol. The molecule has 0 bridgehead atoms. The SMILES string of the molecule is C1CC2CC3CCNN3NN2C1. The zero-order valence-corrected chi connectivity index (χ0v) is 7.29. The summed E-state index contributed by atoms with van der Waals surface area (Å²) in [6.45, 7) is 2.35. The molecule has 2 atom stereocenters. The molecule has 4 nitrogen and oxygen atoms in total. The fraction of sp³-hybridized carbons (Fsp3) is 1.00. The Morgan fingerprint density at radius 1 is 1.17 bits per heavy atom. The van der Waals surface area contributed by atoms with Gasteiger partial charge in [-0.05, 0) is 25.7 Å². The van der Waals surface area contributed by atoms with E-state index in [9.17, 15) is 0 Å². The molecule has 0 amide bonds. The van der Waals surface area contributed by atoms with Crippen molar-refractivity contribution in [3.05, 3.63) is 0 Å². The lowest BCUT2D eigenvalue weighted by Crippen LogP contribution is -2.62. The number of nitrogens with zero attached hydrogens (tertiary/aromatic N) is 2. The summed E-state index contributed by atoms with van der Waals surface area (Å²) in [4.78, 5) is 0. The Bertz CT molecular complexity index is 148. The van der Waals surface area contributed by atoms with Crippen LogP contribution in [-0.4, -0.2) is 35.3 Å². The highest BCUT2D eigenvalue weighted by Crippen LogP contribution is 2.27. The van der Waals surface area contributed by atoms with E-state index in [2.05, 4.69) is 21.1 Å². The molecular formula is C8H16N4. The van der Waals surface area contributed by atoms with Crippen molar-refractivity contribution in [1.82, 2.24) is 21.1 Å². The Morgan fingerprint density at radius 2 is 2.17 bits per heavy atom. The molecule has 4 heteroatoms. The van der Waals surface area contributed by atoms with Gasteiger partial charge in [0.2, 0.25) is 0 Å². The van der Waals surface area contributed by atoms with Gasteiger partial charge in [-0.25, -0.2) is 10.4 Å². The van der Waals surface area contributed by atoms with Crippen LogP contribution in [0.2, 0.25) is 0 Å². The maximum Gasteiger partial charge on any atom is 0.0441 e. The van der Waals surface area contributed by atoms with E-state index in [-0.39, 0.29) is 0 Å². The van der Waals surface area contributed by atoms with Gasteiger partial charge in [0, 0.05) is 25.2 Å².